The van der Waals surface area contributed by atoms with Crippen LogP contribution >= 0.6 is 0 Å². The van der Waals surface area contributed by atoms with Gasteiger partial charge in [0.25, 0.3) is 5.56 Å². The predicted octanol–water partition coefficient (Wildman–Crippen LogP) is 0.991. The lowest BCUT2D eigenvalue weighted by Gasteiger charge is -2.25. The molecule has 2 aliphatic heterocycles. The van der Waals surface area contributed by atoms with Gasteiger partial charge in [0.05, 0.1) is 0 Å². The van der Waals surface area contributed by atoms with E-state index in [0.717, 1.165) is 25.6 Å². The smallest absolute Gasteiger partial charge is 0.250 e. The summed E-state index contributed by atoms with van der Waals surface area (Å²) in [5.41, 5.74) is 6.45. The van der Waals surface area contributed by atoms with Crippen LogP contribution in [0.15, 0.2) is 23.1 Å². The minimum atomic E-state index is 0.0436. The molecule has 0 aliphatic carbocycles. The lowest BCUT2D eigenvalue weighted by atomic mass is 10.2. The SMILES string of the molecule is Nc1ccc(=O)n(CCCN2CCCN3CCCC3C2)c1. The average molecular weight is 290 g/mol. The molecule has 1 unspecified atom stereocenters. The van der Waals surface area contributed by atoms with Crippen molar-refractivity contribution >= 4 is 5.69 Å². The molecule has 0 amide bonds. The van der Waals surface area contributed by atoms with Gasteiger partial charge in [0, 0.05) is 37.1 Å². The molecule has 5 nitrogen and oxygen atoms in total. The molecule has 3 heterocycles. The van der Waals surface area contributed by atoms with Gasteiger partial charge < -0.3 is 15.2 Å². The first kappa shape index (κ1) is 14.6. The van der Waals surface area contributed by atoms with Crippen molar-refractivity contribution in [2.24, 2.45) is 0 Å². The maximum Gasteiger partial charge on any atom is 0.250 e. The molecule has 5 heteroatoms. The fourth-order valence-electron chi connectivity index (χ4n) is 3.68. The van der Waals surface area contributed by atoms with Gasteiger partial charge in [0.15, 0.2) is 0 Å². The summed E-state index contributed by atoms with van der Waals surface area (Å²) in [7, 11) is 0. The van der Waals surface area contributed by atoms with E-state index in [1.807, 2.05) is 0 Å². The summed E-state index contributed by atoms with van der Waals surface area (Å²) in [5.74, 6) is 0. The Bertz CT molecular complexity index is 527. The molecule has 1 aromatic heterocycles. The second-order valence-corrected chi connectivity index (χ2v) is 6.33. The normalized spacial score (nSPS) is 23.9. The van der Waals surface area contributed by atoms with Gasteiger partial charge in [-0.3, -0.25) is 9.69 Å². The van der Waals surface area contributed by atoms with Gasteiger partial charge in [-0.15, -0.1) is 0 Å². The Morgan fingerprint density at radius 3 is 2.90 bits per heavy atom. The third-order valence-electron chi connectivity index (χ3n) is 4.77. The van der Waals surface area contributed by atoms with E-state index in [9.17, 15) is 4.79 Å². The van der Waals surface area contributed by atoms with Gasteiger partial charge in [-0.05, 0) is 57.9 Å². The van der Waals surface area contributed by atoms with Gasteiger partial charge in [-0.25, -0.2) is 0 Å². The van der Waals surface area contributed by atoms with Crippen LogP contribution in [0.1, 0.15) is 25.7 Å². The van der Waals surface area contributed by atoms with Crippen LogP contribution in [0.5, 0.6) is 0 Å². The molecule has 2 fully saturated rings. The van der Waals surface area contributed by atoms with Crippen molar-refractivity contribution in [1.29, 1.82) is 0 Å². The lowest BCUT2D eigenvalue weighted by molar-refractivity contribution is 0.216. The van der Waals surface area contributed by atoms with E-state index < -0.39 is 0 Å². The van der Waals surface area contributed by atoms with E-state index in [1.165, 1.54) is 45.4 Å². The van der Waals surface area contributed by atoms with Gasteiger partial charge in [-0.2, -0.15) is 0 Å². The molecule has 116 valence electrons. The molecule has 21 heavy (non-hydrogen) atoms. The largest absolute Gasteiger partial charge is 0.398 e. The molecule has 3 rings (SSSR count). The summed E-state index contributed by atoms with van der Waals surface area (Å²) >= 11 is 0. The van der Waals surface area contributed by atoms with Crippen LogP contribution in [0.4, 0.5) is 5.69 Å². The maximum atomic E-state index is 11.7. The third kappa shape index (κ3) is 3.66. The fraction of sp³-hybridized carbons (Fsp3) is 0.688. The number of anilines is 1. The van der Waals surface area contributed by atoms with Gasteiger partial charge in [0.1, 0.15) is 0 Å². The molecule has 0 aromatic carbocycles. The molecule has 0 saturated carbocycles. The number of hydrogen-bond acceptors (Lipinski definition) is 4. The number of aromatic nitrogens is 1. The van der Waals surface area contributed by atoms with Crippen LogP contribution in [0.3, 0.4) is 0 Å². The Morgan fingerprint density at radius 2 is 2.00 bits per heavy atom. The Balaban J connectivity index is 1.50. The summed E-state index contributed by atoms with van der Waals surface area (Å²) in [4.78, 5) is 17.0. The van der Waals surface area contributed by atoms with Crippen LogP contribution in [0.25, 0.3) is 0 Å². The standard InChI is InChI=1S/C16H26N4O/c17-14-5-6-16(21)20(12-14)11-3-8-18-7-2-10-19-9-1-4-15(19)13-18/h5-6,12,15H,1-4,7-11,13,17H2. The fourth-order valence-corrected chi connectivity index (χ4v) is 3.68. The average Bonchev–Trinajstić information content (AvgIpc) is 2.81. The summed E-state index contributed by atoms with van der Waals surface area (Å²) in [6.07, 6.45) is 6.75. The van der Waals surface area contributed by atoms with Crippen molar-refractivity contribution in [3.8, 4) is 0 Å². The molecule has 0 bridgehead atoms. The number of pyridine rings is 1. The first-order chi connectivity index (χ1) is 10.2. The molecule has 1 aromatic rings. The highest BCUT2D eigenvalue weighted by atomic mass is 16.1. The predicted molar refractivity (Wildman–Crippen MR) is 85.4 cm³/mol. The van der Waals surface area contributed by atoms with Crippen molar-refractivity contribution in [1.82, 2.24) is 14.4 Å². The Labute approximate surface area is 126 Å². The van der Waals surface area contributed by atoms with Gasteiger partial charge >= 0.3 is 0 Å². The number of nitrogens with zero attached hydrogens (tertiary/aromatic N) is 3. The zero-order valence-electron chi connectivity index (χ0n) is 12.7. The van der Waals surface area contributed by atoms with Crippen LogP contribution in [-0.4, -0.2) is 53.1 Å². The molecule has 2 aliphatic rings. The second kappa shape index (κ2) is 6.62. The number of aryl methyl sites for hydroxylation is 1. The van der Waals surface area contributed by atoms with Crippen LogP contribution < -0.4 is 11.3 Å². The summed E-state index contributed by atoms with van der Waals surface area (Å²) in [5, 5.41) is 0. The molecular formula is C16H26N4O. The van der Waals surface area contributed by atoms with Crippen LogP contribution in [0.2, 0.25) is 0 Å². The minimum Gasteiger partial charge on any atom is -0.398 e. The number of rotatable bonds is 4. The number of nitrogens with two attached hydrogens (primary N) is 1. The highest BCUT2D eigenvalue weighted by molar-refractivity contribution is 5.33. The first-order valence-electron chi connectivity index (χ1n) is 8.15. The Morgan fingerprint density at radius 1 is 1.14 bits per heavy atom. The van der Waals surface area contributed by atoms with Crippen molar-refractivity contribution in [2.75, 3.05) is 38.5 Å². The quantitative estimate of drug-likeness (QED) is 0.898. The van der Waals surface area contributed by atoms with Crippen molar-refractivity contribution in [2.45, 2.75) is 38.3 Å². The van der Waals surface area contributed by atoms with Crippen LogP contribution in [-0.2, 0) is 6.54 Å². The monoisotopic (exact) mass is 290 g/mol. The Hall–Kier alpha value is -1.33. The highest BCUT2D eigenvalue weighted by Crippen LogP contribution is 2.21. The zero-order valence-corrected chi connectivity index (χ0v) is 12.7. The first-order valence-corrected chi connectivity index (χ1v) is 8.15. The molecule has 0 spiro atoms. The zero-order chi connectivity index (χ0) is 14.7. The molecule has 0 radical (unpaired) electrons. The molecule has 2 N–H and O–H groups in total. The molecular weight excluding hydrogens is 264 g/mol. The van der Waals surface area contributed by atoms with Crippen molar-refractivity contribution in [3.05, 3.63) is 28.7 Å². The summed E-state index contributed by atoms with van der Waals surface area (Å²) in [6, 6.07) is 3.99. The van der Waals surface area contributed by atoms with Gasteiger partial charge in [0.2, 0.25) is 0 Å². The van der Waals surface area contributed by atoms with E-state index in [1.54, 1.807) is 22.9 Å². The Kier molecular flexibility index (Phi) is 4.60. The maximum absolute atomic E-state index is 11.7. The van der Waals surface area contributed by atoms with E-state index in [2.05, 4.69) is 9.80 Å². The molecule has 2 saturated heterocycles. The van der Waals surface area contributed by atoms with E-state index in [4.69, 9.17) is 5.73 Å². The van der Waals surface area contributed by atoms with Crippen molar-refractivity contribution < 1.29 is 0 Å². The van der Waals surface area contributed by atoms with E-state index in [-0.39, 0.29) is 5.56 Å². The number of nitrogen functional groups attached to an aromatic ring is 1. The summed E-state index contributed by atoms with van der Waals surface area (Å²) in [6.45, 7) is 6.78. The third-order valence-corrected chi connectivity index (χ3v) is 4.77. The van der Waals surface area contributed by atoms with Gasteiger partial charge in [-0.1, -0.05) is 0 Å². The van der Waals surface area contributed by atoms with Crippen LogP contribution in [0, 0.1) is 0 Å². The lowest BCUT2D eigenvalue weighted by Crippen LogP contribution is -2.37. The highest BCUT2D eigenvalue weighted by Gasteiger charge is 2.28. The second-order valence-electron chi connectivity index (χ2n) is 6.33. The molecule has 1 atom stereocenters. The topological polar surface area (TPSA) is 54.5 Å². The number of hydrogen-bond donors (Lipinski definition) is 1. The van der Waals surface area contributed by atoms with E-state index >= 15 is 0 Å². The number of fused-ring (bicyclic) bond motifs is 1. The summed E-state index contributed by atoms with van der Waals surface area (Å²) < 4.78 is 1.73. The minimum absolute atomic E-state index is 0.0436. The van der Waals surface area contributed by atoms with E-state index in [0.29, 0.717) is 5.69 Å². The van der Waals surface area contributed by atoms with Crippen molar-refractivity contribution in [3.63, 3.8) is 0 Å².